The van der Waals surface area contributed by atoms with E-state index in [1.54, 1.807) is 17.9 Å². The van der Waals surface area contributed by atoms with Crippen molar-refractivity contribution in [1.82, 2.24) is 24.8 Å². The number of rotatable bonds is 1. The SMILES string of the molecule is Cn1cnc2nc(C3CCNCC3)[nH]c(=O)c21. The average molecular weight is 233 g/mol. The number of hydrogen-bond acceptors (Lipinski definition) is 4. The van der Waals surface area contributed by atoms with Gasteiger partial charge in [0, 0.05) is 13.0 Å². The highest BCUT2D eigenvalue weighted by Crippen LogP contribution is 2.21. The molecule has 90 valence electrons. The van der Waals surface area contributed by atoms with E-state index in [1.807, 2.05) is 0 Å². The fourth-order valence-corrected chi connectivity index (χ4v) is 2.37. The van der Waals surface area contributed by atoms with Crippen molar-refractivity contribution in [3.8, 4) is 0 Å². The first-order valence-electron chi connectivity index (χ1n) is 5.87. The first-order valence-corrected chi connectivity index (χ1v) is 5.87. The van der Waals surface area contributed by atoms with Crippen LogP contribution in [0.25, 0.3) is 11.2 Å². The number of aromatic amines is 1. The van der Waals surface area contributed by atoms with Gasteiger partial charge in [-0.15, -0.1) is 0 Å². The summed E-state index contributed by atoms with van der Waals surface area (Å²) < 4.78 is 1.70. The van der Waals surface area contributed by atoms with Crippen molar-refractivity contribution >= 4 is 11.2 Å². The van der Waals surface area contributed by atoms with E-state index in [9.17, 15) is 4.79 Å². The molecule has 2 aromatic rings. The van der Waals surface area contributed by atoms with Crippen LogP contribution in [0, 0.1) is 0 Å². The molecule has 2 aromatic heterocycles. The van der Waals surface area contributed by atoms with Crippen molar-refractivity contribution in [2.45, 2.75) is 18.8 Å². The summed E-state index contributed by atoms with van der Waals surface area (Å²) in [5.41, 5.74) is 0.996. The number of H-pyrrole nitrogens is 1. The molecule has 3 rings (SSSR count). The largest absolute Gasteiger partial charge is 0.328 e. The van der Waals surface area contributed by atoms with E-state index in [0.29, 0.717) is 17.1 Å². The highest BCUT2D eigenvalue weighted by atomic mass is 16.1. The third-order valence-electron chi connectivity index (χ3n) is 3.33. The molecule has 17 heavy (non-hydrogen) atoms. The Hall–Kier alpha value is -1.69. The van der Waals surface area contributed by atoms with Crippen LogP contribution in [0.15, 0.2) is 11.1 Å². The van der Waals surface area contributed by atoms with Gasteiger partial charge in [0.1, 0.15) is 5.82 Å². The lowest BCUT2D eigenvalue weighted by molar-refractivity contribution is 0.445. The minimum atomic E-state index is -0.0940. The molecule has 1 aliphatic heterocycles. The van der Waals surface area contributed by atoms with Crippen molar-refractivity contribution in [3.05, 3.63) is 22.5 Å². The van der Waals surface area contributed by atoms with Gasteiger partial charge in [0.25, 0.3) is 5.56 Å². The van der Waals surface area contributed by atoms with E-state index in [0.717, 1.165) is 31.8 Å². The molecule has 1 aliphatic rings. The minimum absolute atomic E-state index is 0.0940. The Labute approximate surface area is 98.1 Å². The van der Waals surface area contributed by atoms with E-state index >= 15 is 0 Å². The van der Waals surface area contributed by atoms with Crippen molar-refractivity contribution < 1.29 is 0 Å². The molecule has 6 nitrogen and oxygen atoms in total. The number of fused-ring (bicyclic) bond motifs is 1. The van der Waals surface area contributed by atoms with E-state index < -0.39 is 0 Å². The Balaban J connectivity index is 2.09. The third-order valence-corrected chi connectivity index (χ3v) is 3.33. The Morgan fingerprint density at radius 2 is 2.18 bits per heavy atom. The van der Waals surface area contributed by atoms with E-state index in [1.165, 1.54) is 0 Å². The summed E-state index contributed by atoms with van der Waals surface area (Å²) in [5, 5.41) is 3.30. The smallest absolute Gasteiger partial charge is 0.277 e. The molecule has 1 fully saturated rings. The molecule has 6 heteroatoms. The highest BCUT2D eigenvalue weighted by Gasteiger charge is 2.19. The number of nitrogens with one attached hydrogen (secondary N) is 2. The number of aryl methyl sites for hydroxylation is 1. The first kappa shape index (κ1) is 10.5. The maximum absolute atomic E-state index is 12.0. The first-order chi connectivity index (χ1) is 8.25. The summed E-state index contributed by atoms with van der Waals surface area (Å²) >= 11 is 0. The predicted octanol–water partition coefficient (Wildman–Crippen LogP) is 0.124. The monoisotopic (exact) mass is 233 g/mol. The zero-order valence-electron chi connectivity index (χ0n) is 9.73. The lowest BCUT2D eigenvalue weighted by atomic mass is 9.97. The zero-order valence-corrected chi connectivity index (χ0v) is 9.73. The molecular formula is C11H15N5O. The summed E-state index contributed by atoms with van der Waals surface area (Å²) in [7, 11) is 1.80. The maximum atomic E-state index is 12.0. The number of piperidine rings is 1. The summed E-state index contributed by atoms with van der Waals surface area (Å²) in [5.74, 6) is 1.12. The van der Waals surface area contributed by atoms with Crippen LogP contribution < -0.4 is 10.9 Å². The lowest BCUT2D eigenvalue weighted by Crippen LogP contribution is -2.28. The van der Waals surface area contributed by atoms with Crippen molar-refractivity contribution in [2.24, 2.45) is 7.05 Å². The Morgan fingerprint density at radius 1 is 1.41 bits per heavy atom. The van der Waals surface area contributed by atoms with Crippen LogP contribution in [-0.2, 0) is 7.05 Å². The highest BCUT2D eigenvalue weighted by molar-refractivity contribution is 5.69. The Morgan fingerprint density at radius 3 is 2.94 bits per heavy atom. The molecule has 3 heterocycles. The van der Waals surface area contributed by atoms with Gasteiger partial charge in [0.05, 0.1) is 6.33 Å². The van der Waals surface area contributed by atoms with Gasteiger partial charge in [0.2, 0.25) is 0 Å². The van der Waals surface area contributed by atoms with Gasteiger partial charge < -0.3 is 14.9 Å². The number of aromatic nitrogens is 4. The Kier molecular flexibility index (Phi) is 2.44. The molecule has 0 amide bonds. The van der Waals surface area contributed by atoms with Crippen LogP contribution in [0.1, 0.15) is 24.6 Å². The second-order valence-corrected chi connectivity index (χ2v) is 4.50. The standard InChI is InChI=1S/C11H15N5O/c1-16-6-13-10-8(16)11(17)15-9(14-10)7-2-4-12-5-3-7/h6-7,12H,2-5H2,1H3,(H,14,15,17). The molecule has 0 spiro atoms. The number of imidazole rings is 1. The summed E-state index contributed by atoms with van der Waals surface area (Å²) in [6, 6.07) is 0. The van der Waals surface area contributed by atoms with Crippen LogP contribution >= 0.6 is 0 Å². The van der Waals surface area contributed by atoms with Gasteiger partial charge in [-0.25, -0.2) is 9.97 Å². The van der Waals surface area contributed by atoms with Crippen LogP contribution in [0.5, 0.6) is 0 Å². The quantitative estimate of drug-likeness (QED) is 0.733. The molecule has 0 saturated carbocycles. The third kappa shape index (κ3) is 1.74. The van der Waals surface area contributed by atoms with Crippen LogP contribution in [0.2, 0.25) is 0 Å². The zero-order chi connectivity index (χ0) is 11.8. The van der Waals surface area contributed by atoms with Gasteiger partial charge in [-0.1, -0.05) is 0 Å². The van der Waals surface area contributed by atoms with Crippen LogP contribution in [0.4, 0.5) is 0 Å². The molecule has 2 N–H and O–H groups in total. The van der Waals surface area contributed by atoms with Gasteiger partial charge in [-0.05, 0) is 25.9 Å². The molecule has 0 aromatic carbocycles. The number of nitrogens with zero attached hydrogens (tertiary/aromatic N) is 3. The van der Waals surface area contributed by atoms with Crippen LogP contribution in [0.3, 0.4) is 0 Å². The predicted molar refractivity (Wildman–Crippen MR) is 64.0 cm³/mol. The minimum Gasteiger partial charge on any atom is -0.328 e. The summed E-state index contributed by atoms with van der Waals surface area (Å²) in [6.07, 6.45) is 3.65. The summed E-state index contributed by atoms with van der Waals surface area (Å²) in [4.78, 5) is 23.5. The number of hydrogen-bond donors (Lipinski definition) is 2. The average Bonchev–Trinajstić information content (AvgIpc) is 2.73. The molecule has 1 saturated heterocycles. The van der Waals surface area contributed by atoms with Crippen molar-refractivity contribution in [3.63, 3.8) is 0 Å². The molecule has 0 unspecified atom stereocenters. The molecule has 0 bridgehead atoms. The van der Waals surface area contributed by atoms with Gasteiger partial charge in [0.15, 0.2) is 11.2 Å². The molecule has 0 atom stereocenters. The van der Waals surface area contributed by atoms with Crippen molar-refractivity contribution in [1.29, 1.82) is 0 Å². The second-order valence-electron chi connectivity index (χ2n) is 4.50. The van der Waals surface area contributed by atoms with E-state index in [4.69, 9.17) is 0 Å². The van der Waals surface area contributed by atoms with Gasteiger partial charge in [-0.3, -0.25) is 4.79 Å². The second kappa shape index (κ2) is 3.96. The topological polar surface area (TPSA) is 75.6 Å². The van der Waals surface area contributed by atoms with Crippen LogP contribution in [-0.4, -0.2) is 32.6 Å². The van der Waals surface area contributed by atoms with E-state index in [2.05, 4.69) is 20.3 Å². The van der Waals surface area contributed by atoms with Gasteiger partial charge >= 0.3 is 0 Å². The lowest BCUT2D eigenvalue weighted by Gasteiger charge is -2.21. The van der Waals surface area contributed by atoms with Crippen molar-refractivity contribution in [2.75, 3.05) is 13.1 Å². The molecule has 0 aliphatic carbocycles. The maximum Gasteiger partial charge on any atom is 0.277 e. The Bertz CT molecular complexity index is 593. The van der Waals surface area contributed by atoms with Gasteiger partial charge in [-0.2, -0.15) is 0 Å². The summed E-state index contributed by atoms with van der Waals surface area (Å²) in [6.45, 7) is 1.96. The molecule has 0 radical (unpaired) electrons. The molecular weight excluding hydrogens is 218 g/mol. The fraction of sp³-hybridized carbons (Fsp3) is 0.545. The fourth-order valence-electron chi connectivity index (χ4n) is 2.37. The normalized spacial score (nSPS) is 17.7. The van der Waals surface area contributed by atoms with E-state index in [-0.39, 0.29) is 5.56 Å².